The van der Waals surface area contributed by atoms with Crippen molar-refractivity contribution in [1.82, 2.24) is 10.2 Å². The number of halogens is 1. The number of rotatable bonds is 6. The lowest BCUT2D eigenvalue weighted by atomic mass is 9.83. The Kier molecular flexibility index (Phi) is 5.48. The molecular weight excluding hydrogens is 268 g/mol. The quantitative estimate of drug-likeness (QED) is 0.860. The molecule has 1 saturated heterocycles. The molecule has 2 unspecified atom stereocenters. The van der Waals surface area contributed by atoms with E-state index >= 15 is 0 Å². The molecule has 0 amide bonds. The molecule has 2 rings (SSSR count). The van der Waals surface area contributed by atoms with Crippen LogP contribution in [0.25, 0.3) is 0 Å². The smallest absolute Gasteiger partial charge is 0.0406 e. The molecule has 112 valence electrons. The summed E-state index contributed by atoms with van der Waals surface area (Å²) < 4.78 is 0. The van der Waals surface area contributed by atoms with Crippen molar-refractivity contribution in [1.29, 1.82) is 0 Å². The molecule has 1 aliphatic heterocycles. The fraction of sp³-hybridized carbons (Fsp3) is 0.647. The number of benzene rings is 1. The molecule has 2 atom stereocenters. The highest BCUT2D eigenvalue weighted by atomic mass is 35.5. The van der Waals surface area contributed by atoms with Gasteiger partial charge in [0.25, 0.3) is 0 Å². The molecule has 1 N–H and O–H groups in total. The Labute approximate surface area is 128 Å². The molecule has 1 aromatic rings. The summed E-state index contributed by atoms with van der Waals surface area (Å²) in [5.74, 6) is 0. The fourth-order valence-corrected chi connectivity index (χ4v) is 3.53. The molecule has 1 aliphatic rings. The summed E-state index contributed by atoms with van der Waals surface area (Å²) in [5, 5.41) is 4.37. The molecule has 0 radical (unpaired) electrons. The van der Waals surface area contributed by atoms with E-state index in [2.05, 4.69) is 43.2 Å². The minimum absolute atomic E-state index is 0.227. The standard InChI is InChI=1S/C17H27ClN2/c1-4-17(2,20-11-5-6-12-20)16(19-3)13-14-7-9-15(18)10-8-14/h7-10,16,19H,4-6,11-13H2,1-3H3. The van der Waals surface area contributed by atoms with Gasteiger partial charge in [-0.15, -0.1) is 0 Å². The predicted molar refractivity (Wildman–Crippen MR) is 87.5 cm³/mol. The average Bonchev–Trinajstić information content (AvgIpc) is 3.00. The second-order valence-electron chi connectivity index (χ2n) is 6.08. The first kappa shape index (κ1) is 15.8. The first-order chi connectivity index (χ1) is 9.60. The molecular formula is C17H27ClN2. The van der Waals surface area contributed by atoms with Crippen LogP contribution in [0.4, 0.5) is 0 Å². The van der Waals surface area contributed by atoms with Gasteiger partial charge in [-0.1, -0.05) is 30.7 Å². The molecule has 3 heteroatoms. The van der Waals surface area contributed by atoms with Crippen molar-refractivity contribution < 1.29 is 0 Å². The summed E-state index contributed by atoms with van der Waals surface area (Å²) >= 11 is 5.98. The zero-order valence-electron chi connectivity index (χ0n) is 13.0. The molecule has 1 aromatic carbocycles. The van der Waals surface area contributed by atoms with E-state index in [4.69, 9.17) is 11.6 Å². The Morgan fingerprint density at radius 1 is 1.25 bits per heavy atom. The third kappa shape index (κ3) is 3.36. The van der Waals surface area contributed by atoms with E-state index in [9.17, 15) is 0 Å². The lowest BCUT2D eigenvalue weighted by molar-refractivity contribution is 0.0873. The van der Waals surface area contributed by atoms with Gasteiger partial charge in [0.2, 0.25) is 0 Å². The van der Waals surface area contributed by atoms with E-state index < -0.39 is 0 Å². The minimum atomic E-state index is 0.227. The number of nitrogens with zero attached hydrogens (tertiary/aromatic N) is 1. The number of nitrogens with one attached hydrogen (secondary N) is 1. The van der Waals surface area contributed by atoms with Crippen LogP contribution >= 0.6 is 11.6 Å². The Morgan fingerprint density at radius 3 is 2.35 bits per heavy atom. The molecule has 0 bridgehead atoms. The highest BCUT2D eigenvalue weighted by Crippen LogP contribution is 2.29. The Hall–Kier alpha value is -0.570. The van der Waals surface area contributed by atoms with Gasteiger partial charge in [0, 0.05) is 16.6 Å². The topological polar surface area (TPSA) is 15.3 Å². The van der Waals surface area contributed by atoms with Crippen LogP contribution in [0, 0.1) is 0 Å². The molecule has 0 aromatic heterocycles. The maximum Gasteiger partial charge on any atom is 0.0406 e. The van der Waals surface area contributed by atoms with Gasteiger partial charge >= 0.3 is 0 Å². The summed E-state index contributed by atoms with van der Waals surface area (Å²) in [6.45, 7) is 7.20. The summed E-state index contributed by atoms with van der Waals surface area (Å²) in [6.07, 6.45) is 4.90. The number of likely N-dealkylation sites (tertiary alicyclic amines) is 1. The van der Waals surface area contributed by atoms with Crippen molar-refractivity contribution in [3.63, 3.8) is 0 Å². The van der Waals surface area contributed by atoms with Crippen LogP contribution < -0.4 is 5.32 Å². The maximum atomic E-state index is 5.98. The summed E-state index contributed by atoms with van der Waals surface area (Å²) in [7, 11) is 2.09. The van der Waals surface area contributed by atoms with Crippen LogP contribution in [0.5, 0.6) is 0 Å². The van der Waals surface area contributed by atoms with Gasteiger partial charge in [0.1, 0.15) is 0 Å². The van der Waals surface area contributed by atoms with Gasteiger partial charge in [-0.25, -0.2) is 0 Å². The van der Waals surface area contributed by atoms with E-state index in [0.29, 0.717) is 6.04 Å². The van der Waals surface area contributed by atoms with E-state index in [-0.39, 0.29) is 5.54 Å². The Morgan fingerprint density at radius 2 is 1.85 bits per heavy atom. The van der Waals surface area contributed by atoms with Crippen molar-refractivity contribution in [3.8, 4) is 0 Å². The van der Waals surface area contributed by atoms with E-state index in [1.54, 1.807) is 0 Å². The number of likely N-dealkylation sites (N-methyl/N-ethyl adjacent to an activating group) is 1. The normalized spacial score (nSPS) is 20.8. The molecule has 1 fully saturated rings. The zero-order valence-corrected chi connectivity index (χ0v) is 13.7. The van der Waals surface area contributed by atoms with Crippen molar-refractivity contribution in [2.75, 3.05) is 20.1 Å². The third-order valence-electron chi connectivity index (χ3n) is 5.00. The summed E-state index contributed by atoms with van der Waals surface area (Å²) in [5.41, 5.74) is 1.58. The number of hydrogen-bond acceptors (Lipinski definition) is 2. The third-order valence-corrected chi connectivity index (χ3v) is 5.25. The van der Waals surface area contributed by atoms with E-state index in [1.165, 1.54) is 37.9 Å². The molecule has 2 nitrogen and oxygen atoms in total. The number of hydrogen-bond donors (Lipinski definition) is 1. The largest absolute Gasteiger partial charge is 0.315 e. The Balaban J connectivity index is 2.14. The van der Waals surface area contributed by atoms with Crippen LogP contribution in [0.2, 0.25) is 5.02 Å². The monoisotopic (exact) mass is 294 g/mol. The van der Waals surface area contributed by atoms with Gasteiger partial charge in [-0.2, -0.15) is 0 Å². The Bertz CT molecular complexity index is 412. The first-order valence-electron chi connectivity index (χ1n) is 7.77. The highest BCUT2D eigenvalue weighted by Gasteiger charge is 2.38. The van der Waals surface area contributed by atoms with Crippen molar-refractivity contribution in [2.24, 2.45) is 0 Å². The van der Waals surface area contributed by atoms with E-state index in [0.717, 1.165) is 11.4 Å². The van der Waals surface area contributed by atoms with Gasteiger partial charge in [-0.05, 0) is 70.4 Å². The molecule has 0 spiro atoms. The molecule has 20 heavy (non-hydrogen) atoms. The first-order valence-corrected chi connectivity index (χ1v) is 8.14. The van der Waals surface area contributed by atoms with Crippen molar-refractivity contribution in [3.05, 3.63) is 34.9 Å². The summed E-state index contributed by atoms with van der Waals surface area (Å²) in [6, 6.07) is 8.73. The molecule has 0 saturated carbocycles. The maximum absolute atomic E-state index is 5.98. The van der Waals surface area contributed by atoms with Gasteiger partial charge < -0.3 is 5.32 Å². The molecule has 1 heterocycles. The van der Waals surface area contributed by atoms with Crippen LogP contribution in [0.1, 0.15) is 38.7 Å². The van der Waals surface area contributed by atoms with Crippen LogP contribution in [0.15, 0.2) is 24.3 Å². The highest BCUT2D eigenvalue weighted by molar-refractivity contribution is 6.30. The molecule has 0 aliphatic carbocycles. The second-order valence-corrected chi connectivity index (χ2v) is 6.51. The van der Waals surface area contributed by atoms with Crippen molar-refractivity contribution >= 4 is 11.6 Å². The van der Waals surface area contributed by atoms with Gasteiger partial charge in [-0.3, -0.25) is 4.90 Å². The van der Waals surface area contributed by atoms with Gasteiger partial charge in [0.05, 0.1) is 0 Å². The lowest BCUT2D eigenvalue weighted by Gasteiger charge is -2.44. The average molecular weight is 295 g/mol. The van der Waals surface area contributed by atoms with Crippen LogP contribution in [-0.2, 0) is 6.42 Å². The lowest BCUT2D eigenvalue weighted by Crippen LogP contribution is -2.58. The van der Waals surface area contributed by atoms with Gasteiger partial charge in [0.15, 0.2) is 0 Å². The van der Waals surface area contributed by atoms with E-state index in [1.807, 2.05) is 12.1 Å². The second kappa shape index (κ2) is 6.93. The fourth-order valence-electron chi connectivity index (χ4n) is 3.41. The predicted octanol–water partition coefficient (Wildman–Crippen LogP) is 3.74. The van der Waals surface area contributed by atoms with Crippen LogP contribution in [-0.4, -0.2) is 36.6 Å². The van der Waals surface area contributed by atoms with Crippen LogP contribution in [0.3, 0.4) is 0 Å². The summed E-state index contributed by atoms with van der Waals surface area (Å²) in [4.78, 5) is 2.67. The zero-order chi connectivity index (χ0) is 14.6. The van der Waals surface area contributed by atoms with Crippen molar-refractivity contribution in [2.45, 2.75) is 51.1 Å². The minimum Gasteiger partial charge on any atom is -0.315 e. The SMILES string of the molecule is CCC(C)(C(Cc1ccc(Cl)cc1)NC)N1CCCC1.